The minimum Gasteiger partial charge on any atom is -0.423 e. The highest BCUT2D eigenvalue weighted by Gasteiger charge is 2.23. The van der Waals surface area contributed by atoms with E-state index in [4.69, 9.17) is 36.6 Å². The lowest BCUT2D eigenvalue weighted by Gasteiger charge is -2.13. The van der Waals surface area contributed by atoms with E-state index in [2.05, 4.69) is 357 Å². The van der Waals surface area contributed by atoms with E-state index in [1.807, 2.05) is 158 Å². The second-order valence-electron chi connectivity index (χ2n) is 33.2. The second kappa shape index (κ2) is 38.2. The first-order valence-corrected chi connectivity index (χ1v) is 46.4. The van der Waals surface area contributed by atoms with Crippen molar-refractivity contribution in [3.63, 3.8) is 0 Å². The van der Waals surface area contributed by atoms with E-state index in [9.17, 15) is 0 Å². The van der Waals surface area contributed by atoms with Gasteiger partial charge in [0.2, 0.25) is 0 Å². The van der Waals surface area contributed by atoms with Crippen LogP contribution in [0.15, 0.2) is 484 Å². The van der Waals surface area contributed by atoms with Gasteiger partial charge in [0.25, 0.3) is 0 Å². The molecule has 0 amide bonds. The zero-order valence-corrected chi connectivity index (χ0v) is 76.2. The zero-order chi connectivity index (χ0) is 92.1. The number of hydrogen-bond acceptors (Lipinski definition) is 8. The number of rotatable bonds is 13. The lowest BCUT2D eigenvalue weighted by Crippen LogP contribution is -2.29. The molecule has 26 rings (SSSR count). The third-order valence-corrected chi connectivity index (χ3v) is 25.4. The minimum absolute atomic E-state index is 0.525. The van der Waals surface area contributed by atoms with E-state index >= 15 is 0 Å². The molecule has 137 heavy (non-hydrogen) atoms. The Hall–Kier alpha value is -17.2. The minimum atomic E-state index is -1.34. The van der Waals surface area contributed by atoms with Crippen molar-refractivity contribution in [1.29, 1.82) is 0 Å². The number of aromatic nitrogens is 12. The Morgan fingerprint density at radius 2 is 0.569 bits per heavy atom. The molecule has 0 unspecified atom stereocenters. The predicted molar refractivity (Wildman–Crippen MR) is 569 cm³/mol. The third kappa shape index (κ3) is 17.5. The van der Waals surface area contributed by atoms with Crippen molar-refractivity contribution in [2.75, 3.05) is 0 Å². The smallest absolute Gasteiger partial charge is 0.423 e. The molecule has 0 aliphatic rings. The third-order valence-electron chi connectivity index (χ3n) is 24.6. The summed E-state index contributed by atoms with van der Waals surface area (Å²) in [7, 11) is -1.34. The summed E-state index contributed by atoms with van der Waals surface area (Å²) >= 11 is 9.71. The van der Waals surface area contributed by atoms with E-state index in [1.54, 1.807) is 24.3 Å². The normalized spacial score (nSPS) is 11.2. The average Bonchev–Trinajstić information content (AvgIpc) is 1.53. The molecular weight excluding hydrogens is 1770 g/mol. The standard InChI is InChI=1S/C47H31N5.C26H18N2.C21H14ClN3.C20H13BrN2.C6H7BO2/c1-5-14-32(15-6-1)36-25-27-42-41(31-36)40-26-24-33-28-29-51(38-21-11-4-12-22-38)43(33)44(40)52(42)39-23-13-20-37(30-39)47-49-45(34-16-7-2-8-17-34)48-46(50-47)35-18-9-3-10-19-35;1-3-7-18(8-4-1)20-12-14-24-23(17-20)22-13-11-19-15-16-28(26(19)25(22)27-24)21-9-5-2-6-10-21;22-18-13-7-12-17(14-18)21-24-19(15-8-3-1-4-9-15)23-20(25-21)16-10-5-2-6-11-16;21-14-7-9-18-17(12-14)16-8-6-13-10-11-23(20(13)19(16)22-18)15-4-2-1-3-5-15;8-7(9)6-4-2-1-3-5-6/h1-31H;1-17,27H;1-14H;1-12,22H;1-5,8-9H. The Morgan fingerprint density at radius 3 is 0.985 bits per heavy atom. The maximum Gasteiger partial charge on any atom is 0.488 e. The van der Waals surface area contributed by atoms with Crippen molar-refractivity contribution >= 4 is 138 Å². The number of hydrogen-bond donors (Lipinski definition) is 4. The molecule has 0 aliphatic carbocycles. The summed E-state index contributed by atoms with van der Waals surface area (Å²) in [5.74, 6) is 3.80. The Morgan fingerprint density at radius 1 is 0.241 bits per heavy atom. The van der Waals surface area contributed by atoms with Crippen LogP contribution >= 0.6 is 27.5 Å². The van der Waals surface area contributed by atoms with Gasteiger partial charge in [-0.15, -0.1) is 0 Å². The van der Waals surface area contributed by atoms with E-state index in [-0.39, 0.29) is 0 Å². The predicted octanol–water partition coefficient (Wildman–Crippen LogP) is 29.4. The number of nitrogens with zero attached hydrogens (tertiary/aromatic N) is 10. The highest BCUT2D eigenvalue weighted by molar-refractivity contribution is 9.10. The first-order valence-electron chi connectivity index (χ1n) is 45.2. The summed E-state index contributed by atoms with van der Waals surface area (Å²) in [6, 6.07) is 157. The lowest BCUT2D eigenvalue weighted by molar-refractivity contribution is 0.426. The van der Waals surface area contributed by atoms with Gasteiger partial charge in [0, 0.05) is 144 Å². The van der Waals surface area contributed by atoms with Gasteiger partial charge in [-0.1, -0.05) is 367 Å². The van der Waals surface area contributed by atoms with Crippen molar-refractivity contribution < 1.29 is 10.0 Å². The van der Waals surface area contributed by atoms with E-state index < -0.39 is 7.12 Å². The first-order chi connectivity index (χ1) is 67.6. The largest absolute Gasteiger partial charge is 0.488 e. The van der Waals surface area contributed by atoms with E-state index in [0.717, 1.165) is 71.3 Å². The molecular formula is C120H83BBrClN12O2. The van der Waals surface area contributed by atoms with Crippen molar-refractivity contribution in [3.05, 3.63) is 489 Å². The molecule has 17 heteroatoms. The highest BCUT2D eigenvalue weighted by Crippen LogP contribution is 2.43. The molecule has 8 aromatic heterocycles. The number of fused-ring (bicyclic) bond motifs is 15. The van der Waals surface area contributed by atoms with Crippen molar-refractivity contribution in [3.8, 4) is 113 Å². The fourth-order valence-electron chi connectivity index (χ4n) is 18.1. The summed E-state index contributed by atoms with van der Waals surface area (Å²) in [6.07, 6.45) is 6.47. The fraction of sp³-hybridized carbons (Fsp3) is 0. The van der Waals surface area contributed by atoms with Crippen LogP contribution in [0.1, 0.15) is 0 Å². The van der Waals surface area contributed by atoms with Gasteiger partial charge >= 0.3 is 7.12 Å². The number of halogens is 2. The summed E-state index contributed by atoms with van der Waals surface area (Å²) < 4.78 is 10.3. The van der Waals surface area contributed by atoms with Crippen LogP contribution in [-0.2, 0) is 0 Å². The number of para-hydroxylation sites is 3. The summed E-state index contributed by atoms with van der Waals surface area (Å²) in [5.41, 5.74) is 26.0. The van der Waals surface area contributed by atoms with Crippen molar-refractivity contribution in [2.24, 2.45) is 0 Å². The molecule has 18 aromatic carbocycles. The van der Waals surface area contributed by atoms with Gasteiger partial charge < -0.3 is 38.3 Å². The number of H-pyrrole nitrogens is 2. The maximum absolute atomic E-state index is 8.58. The van der Waals surface area contributed by atoms with Crippen LogP contribution in [0, 0.1) is 0 Å². The molecule has 0 radical (unpaired) electrons. The lowest BCUT2D eigenvalue weighted by atomic mass is 9.81. The van der Waals surface area contributed by atoms with Crippen LogP contribution < -0.4 is 5.46 Å². The van der Waals surface area contributed by atoms with Gasteiger partial charge in [0.1, 0.15) is 0 Å². The highest BCUT2D eigenvalue weighted by atomic mass is 79.9. The van der Waals surface area contributed by atoms with Gasteiger partial charge in [-0.05, 0) is 149 Å². The maximum atomic E-state index is 8.58. The molecule has 4 N–H and O–H groups in total. The van der Waals surface area contributed by atoms with E-state index in [0.29, 0.717) is 45.4 Å². The SMILES string of the molecule is Brc1ccc2[nH]c3c(ccc4ccn(-c5ccccc5)c43)c2c1.Clc1cccc(-c2nc(-c3ccccc3)nc(-c3ccccc3)n2)c1.OB(O)c1ccccc1.c1ccc(-c2ccc3[nH]c4c(ccc5ccn(-c6ccccc6)c54)c3c2)cc1.c1ccc(-c2ccc3c(c2)c2ccc4ccn(-c5ccccc5)c4c2n3-c2cccc(-c3nc(-c4ccccc4)nc(-c4ccccc4)n3)c2)cc1. The topological polar surface area (TPSA) is 169 Å². The van der Waals surface area contributed by atoms with Crippen molar-refractivity contribution in [1.82, 2.24) is 58.1 Å². The zero-order valence-electron chi connectivity index (χ0n) is 73.8. The van der Waals surface area contributed by atoms with Crippen LogP contribution in [0.3, 0.4) is 0 Å². The molecule has 0 saturated carbocycles. The first kappa shape index (κ1) is 85.2. The molecule has 26 aromatic rings. The van der Waals surface area contributed by atoms with E-state index in [1.165, 1.54) is 110 Å². The Bertz CT molecular complexity index is 8700. The molecule has 0 aliphatic heterocycles. The summed E-state index contributed by atoms with van der Waals surface area (Å²) in [6.45, 7) is 0. The summed E-state index contributed by atoms with van der Waals surface area (Å²) in [4.78, 5) is 36.3. The molecule has 0 fully saturated rings. The van der Waals surface area contributed by atoms with Crippen LogP contribution in [0.5, 0.6) is 0 Å². The Balaban J connectivity index is 0.000000108. The van der Waals surface area contributed by atoms with Crippen LogP contribution in [-0.4, -0.2) is 75.3 Å². The van der Waals surface area contributed by atoms with Gasteiger partial charge in [0.05, 0.1) is 38.6 Å². The number of aromatic amines is 2. The van der Waals surface area contributed by atoms with Gasteiger partial charge in [0.15, 0.2) is 34.9 Å². The average molecular weight is 1850 g/mol. The second-order valence-corrected chi connectivity index (χ2v) is 34.6. The fourth-order valence-corrected chi connectivity index (χ4v) is 18.6. The number of nitrogens with one attached hydrogen (secondary N) is 2. The quantitative estimate of drug-likeness (QED) is 0.0827. The van der Waals surface area contributed by atoms with Crippen LogP contribution in [0.2, 0.25) is 5.02 Å². The Labute approximate surface area is 803 Å². The molecule has 14 nitrogen and oxygen atoms in total. The van der Waals surface area contributed by atoms with Gasteiger partial charge in [-0.2, -0.15) is 0 Å². The molecule has 0 spiro atoms. The van der Waals surface area contributed by atoms with Crippen molar-refractivity contribution in [2.45, 2.75) is 0 Å². The van der Waals surface area contributed by atoms with Crippen LogP contribution in [0.4, 0.5) is 0 Å². The van der Waals surface area contributed by atoms with Gasteiger partial charge in [-0.3, -0.25) is 0 Å². The van der Waals surface area contributed by atoms with Gasteiger partial charge in [-0.25, -0.2) is 29.9 Å². The molecule has 0 saturated heterocycles. The molecule has 652 valence electrons. The summed E-state index contributed by atoms with van der Waals surface area (Å²) in [5, 5.41) is 28.9. The number of benzene rings is 18. The monoisotopic (exact) mass is 1850 g/mol. The molecule has 0 atom stereocenters. The molecule has 0 bridgehead atoms. The van der Waals surface area contributed by atoms with Crippen LogP contribution in [0.25, 0.3) is 211 Å². The molecule has 8 heterocycles. The Kier molecular flexibility index (Phi) is 23.7.